The van der Waals surface area contributed by atoms with Crippen molar-refractivity contribution in [3.05, 3.63) is 66.0 Å². The third kappa shape index (κ3) is 3.92. The Labute approximate surface area is 126 Å². The molecule has 0 fully saturated rings. The summed E-state index contributed by atoms with van der Waals surface area (Å²) in [6.45, 7) is 0. The summed E-state index contributed by atoms with van der Waals surface area (Å²) in [7, 11) is -3.84. The van der Waals surface area contributed by atoms with Crippen LogP contribution in [0, 0.1) is 5.82 Å². The molecule has 2 rings (SSSR count). The lowest BCUT2D eigenvalue weighted by Gasteiger charge is -2.10. The molecule has 0 saturated carbocycles. The van der Waals surface area contributed by atoms with Crippen molar-refractivity contribution in [3.63, 3.8) is 0 Å². The SMILES string of the molecule is O=C(O)C=Cc1cc(F)ccc1NS(=O)(=O)c1ccccc1. The van der Waals surface area contributed by atoms with Gasteiger partial charge >= 0.3 is 5.97 Å². The summed E-state index contributed by atoms with van der Waals surface area (Å²) >= 11 is 0. The van der Waals surface area contributed by atoms with E-state index in [1.54, 1.807) is 18.2 Å². The molecule has 0 atom stereocenters. The van der Waals surface area contributed by atoms with E-state index in [0.717, 1.165) is 24.3 Å². The van der Waals surface area contributed by atoms with E-state index in [0.29, 0.717) is 0 Å². The van der Waals surface area contributed by atoms with Crippen molar-refractivity contribution in [2.45, 2.75) is 4.90 Å². The third-order valence-electron chi connectivity index (χ3n) is 2.72. The van der Waals surface area contributed by atoms with E-state index >= 15 is 0 Å². The van der Waals surface area contributed by atoms with Gasteiger partial charge in [-0.3, -0.25) is 4.72 Å². The first-order valence-electron chi connectivity index (χ1n) is 6.17. The normalized spacial score (nSPS) is 11.5. The first-order valence-corrected chi connectivity index (χ1v) is 7.65. The number of nitrogens with one attached hydrogen (secondary N) is 1. The fourth-order valence-electron chi connectivity index (χ4n) is 1.73. The predicted molar refractivity (Wildman–Crippen MR) is 80.3 cm³/mol. The Balaban J connectivity index is 2.39. The van der Waals surface area contributed by atoms with Gasteiger partial charge in [-0.05, 0) is 36.4 Å². The Hall–Kier alpha value is -2.67. The van der Waals surface area contributed by atoms with Crippen molar-refractivity contribution < 1.29 is 22.7 Å². The zero-order valence-electron chi connectivity index (χ0n) is 11.2. The molecule has 7 heteroatoms. The lowest BCUT2D eigenvalue weighted by atomic mass is 10.1. The average Bonchev–Trinajstić information content (AvgIpc) is 2.48. The van der Waals surface area contributed by atoms with Crippen molar-refractivity contribution >= 4 is 27.8 Å². The fraction of sp³-hybridized carbons (Fsp3) is 0. The molecule has 0 aliphatic heterocycles. The molecule has 0 amide bonds. The number of halogens is 1. The largest absolute Gasteiger partial charge is 0.478 e. The van der Waals surface area contributed by atoms with E-state index in [1.807, 2.05) is 0 Å². The molecular weight excluding hydrogens is 309 g/mol. The summed E-state index contributed by atoms with van der Waals surface area (Å²) in [5.41, 5.74) is 0.199. The van der Waals surface area contributed by atoms with Crippen LogP contribution in [0.5, 0.6) is 0 Å². The second-order valence-electron chi connectivity index (χ2n) is 4.32. The molecular formula is C15H12FNO4S. The minimum Gasteiger partial charge on any atom is -0.478 e. The lowest BCUT2D eigenvalue weighted by Crippen LogP contribution is -2.13. The zero-order valence-corrected chi connectivity index (χ0v) is 12.0. The minimum absolute atomic E-state index is 0.0486. The average molecular weight is 321 g/mol. The van der Waals surface area contributed by atoms with Crippen LogP contribution in [0.3, 0.4) is 0 Å². The molecule has 0 saturated heterocycles. The van der Waals surface area contributed by atoms with Crippen molar-refractivity contribution in [1.82, 2.24) is 0 Å². The second-order valence-corrected chi connectivity index (χ2v) is 6.00. The van der Waals surface area contributed by atoms with E-state index in [1.165, 1.54) is 18.2 Å². The number of anilines is 1. The quantitative estimate of drug-likeness (QED) is 0.829. The van der Waals surface area contributed by atoms with Gasteiger partial charge in [0, 0.05) is 11.6 Å². The monoisotopic (exact) mass is 321 g/mol. The molecule has 22 heavy (non-hydrogen) atoms. The number of benzene rings is 2. The van der Waals surface area contributed by atoms with Gasteiger partial charge in [0.1, 0.15) is 5.82 Å². The third-order valence-corrected chi connectivity index (χ3v) is 4.10. The Morgan fingerprint density at radius 2 is 1.82 bits per heavy atom. The van der Waals surface area contributed by atoms with E-state index in [2.05, 4.69) is 4.72 Å². The van der Waals surface area contributed by atoms with Crippen LogP contribution in [0.25, 0.3) is 6.08 Å². The highest BCUT2D eigenvalue weighted by molar-refractivity contribution is 7.92. The maximum absolute atomic E-state index is 13.3. The molecule has 0 aliphatic carbocycles. The summed E-state index contributed by atoms with van der Waals surface area (Å²) in [5, 5.41) is 8.63. The van der Waals surface area contributed by atoms with E-state index < -0.39 is 21.8 Å². The highest BCUT2D eigenvalue weighted by Crippen LogP contribution is 2.22. The number of carbonyl (C=O) groups is 1. The van der Waals surface area contributed by atoms with E-state index in [4.69, 9.17) is 5.11 Å². The van der Waals surface area contributed by atoms with Gasteiger partial charge in [0.15, 0.2) is 0 Å². The lowest BCUT2D eigenvalue weighted by molar-refractivity contribution is -0.131. The standard InChI is InChI=1S/C15H12FNO4S/c16-12-7-8-14(11(10-12)6-9-15(18)19)17-22(20,21)13-4-2-1-3-5-13/h1-10,17H,(H,18,19). The molecule has 2 N–H and O–H groups in total. The Morgan fingerprint density at radius 1 is 1.14 bits per heavy atom. The number of carboxylic acids is 1. The molecule has 114 valence electrons. The summed E-state index contributed by atoms with van der Waals surface area (Å²) in [6.07, 6.45) is 1.92. The number of hydrogen-bond acceptors (Lipinski definition) is 3. The van der Waals surface area contributed by atoms with Gasteiger partial charge in [-0.25, -0.2) is 17.6 Å². The van der Waals surface area contributed by atoms with Crippen molar-refractivity contribution in [2.75, 3.05) is 4.72 Å². The van der Waals surface area contributed by atoms with Crippen LogP contribution in [0.15, 0.2) is 59.5 Å². The Morgan fingerprint density at radius 3 is 2.45 bits per heavy atom. The van der Waals surface area contributed by atoms with Crippen LogP contribution in [-0.2, 0) is 14.8 Å². The maximum Gasteiger partial charge on any atom is 0.328 e. The van der Waals surface area contributed by atoms with Gasteiger partial charge in [0.05, 0.1) is 10.6 Å². The predicted octanol–water partition coefficient (Wildman–Crippen LogP) is 2.72. The number of carboxylic acid groups (broad SMARTS) is 1. The van der Waals surface area contributed by atoms with Crippen molar-refractivity contribution in [3.8, 4) is 0 Å². The Bertz CT molecular complexity index is 817. The van der Waals surface area contributed by atoms with Crippen LogP contribution >= 0.6 is 0 Å². The van der Waals surface area contributed by atoms with Gasteiger partial charge in [-0.1, -0.05) is 18.2 Å². The number of sulfonamides is 1. The highest BCUT2D eigenvalue weighted by Gasteiger charge is 2.15. The summed E-state index contributed by atoms with van der Waals surface area (Å²) in [5.74, 6) is -1.83. The molecule has 0 bridgehead atoms. The number of rotatable bonds is 5. The minimum atomic E-state index is -3.84. The van der Waals surface area contributed by atoms with Crippen LogP contribution in [0.2, 0.25) is 0 Å². The van der Waals surface area contributed by atoms with Gasteiger partial charge in [0.2, 0.25) is 0 Å². The molecule has 0 radical (unpaired) electrons. The number of aliphatic carboxylic acids is 1. The summed E-state index contributed by atoms with van der Waals surface area (Å²) < 4.78 is 40.0. The van der Waals surface area contributed by atoms with Gasteiger partial charge in [0.25, 0.3) is 10.0 Å². The van der Waals surface area contributed by atoms with Gasteiger partial charge < -0.3 is 5.11 Å². The molecule has 2 aromatic rings. The molecule has 5 nitrogen and oxygen atoms in total. The van der Waals surface area contributed by atoms with Crippen molar-refractivity contribution in [2.24, 2.45) is 0 Å². The second kappa shape index (κ2) is 6.40. The van der Waals surface area contributed by atoms with Gasteiger partial charge in [-0.2, -0.15) is 0 Å². The first kappa shape index (κ1) is 15.7. The summed E-state index contributed by atoms with van der Waals surface area (Å²) in [4.78, 5) is 10.6. The molecule has 0 unspecified atom stereocenters. The Kier molecular flexibility index (Phi) is 4.57. The van der Waals surface area contributed by atoms with E-state index in [-0.39, 0.29) is 16.1 Å². The summed E-state index contributed by atoms with van der Waals surface area (Å²) in [6, 6.07) is 11.0. The number of hydrogen-bond donors (Lipinski definition) is 2. The molecule has 2 aromatic carbocycles. The molecule has 0 aliphatic rings. The topological polar surface area (TPSA) is 83.5 Å². The van der Waals surface area contributed by atoms with Crippen LogP contribution in [0.4, 0.5) is 10.1 Å². The van der Waals surface area contributed by atoms with E-state index in [9.17, 15) is 17.6 Å². The highest BCUT2D eigenvalue weighted by atomic mass is 32.2. The van der Waals surface area contributed by atoms with Crippen molar-refractivity contribution in [1.29, 1.82) is 0 Å². The fourth-order valence-corrected chi connectivity index (χ4v) is 2.84. The van der Waals surface area contributed by atoms with Crippen LogP contribution < -0.4 is 4.72 Å². The van der Waals surface area contributed by atoms with Crippen LogP contribution in [-0.4, -0.2) is 19.5 Å². The zero-order chi connectivity index (χ0) is 16.2. The van der Waals surface area contributed by atoms with Crippen LogP contribution in [0.1, 0.15) is 5.56 Å². The smallest absolute Gasteiger partial charge is 0.328 e. The molecule has 0 heterocycles. The molecule has 0 spiro atoms. The van der Waals surface area contributed by atoms with Gasteiger partial charge in [-0.15, -0.1) is 0 Å². The maximum atomic E-state index is 13.3. The molecule has 0 aromatic heterocycles. The first-order chi connectivity index (χ1) is 10.4.